The van der Waals surface area contributed by atoms with Crippen molar-refractivity contribution in [2.75, 3.05) is 13.6 Å². The van der Waals surface area contributed by atoms with Gasteiger partial charge in [-0.15, -0.1) is 6.42 Å². The SMILES string of the molecule is C#CCN(C)C(C)Cc1ccc([N+](=O)[O-])cc1. The molecular formula is C13H16N2O2. The molecule has 0 aliphatic carbocycles. The summed E-state index contributed by atoms with van der Waals surface area (Å²) in [6.45, 7) is 2.69. The highest BCUT2D eigenvalue weighted by molar-refractivity contribution is 5.33. The van der Waals surface area contributed by atoms with Gasteiger partial charge in [-0.25, -0.2) is 0 Å². The molecule has 0 bridgehead atoms. The molecule has 90 valence electrons. The lowest BCUT2D eigenvalue weighted by atomic mass is 10.1. The zero-order chi connectivity index (χ0) is 12.8. The van der Waals surface area contributed by atoms with Gasteiger partial charge in [0.25, 0.3) is 5.69 Å². The van der Waals surface area contributed by atoms with Crippen molar-refractivity contribution in [1.82, 2.24) is 4.90 Å². The van der Waals surface area contributed by atoms with Crippen LogP contribution in [0.3, 0.4) is 0 Å². The van der Waals surface area contributed by atoms with Gasteiger partial charge in [-0.05, 0) is 26.0 Å². The number of non-ortho nitro benzene ring substituents is 1. The van der Waals surface area contributed by atoms with Gasteiger partial charge in [0.1, 0.15) is 0 Å². The summed E-state index contributed by atoms with van der Waals surface area (Å²) in [5.74, 6) is 2.59. The van der Waals surface area contributed by atoms with E-state index in [2.05, 4.69) is 17.7 Å². The Labute approximate surface area is 101 Å². The number of nitro benzene ring substituents is 1. The summed E-state index contributed by atoms with van der Waals surface area (Å²) in [7, 11) is 1.97. The highest BCUT2D eigenvalue weighted by Crippen LogP contribution is 2.14. The zero-order valence-electron chi connectivity index (χ0n) is 10.1. The predicted molar refractivity (Wildman–Crippen MR) is 67.7 cm³/mol. The lowest BCUT2D eigenvalue weighted by molar-refractivity contribution is -0.384. The third kappa shape index (κ3) is 3.89. The quantitative estimate of drug-likeness (QED) is 0.443. The first-order valence-electron chi connectivity index (χ1n) is 5.41. The smallest absolute Gasteiger partial charge is 0.269 e. The molecule has 0 heterocycles. The van der Waals surface area contributed by atoms with Crippen LogP contribution < -0.4 is 0 Å². The maximum Gasteiger partial charge on any atom is 0.269 e. The molecule has 0 N–H and O–H groups in total. The average Bonchev–Trinajstić information content (AvgIpc) is 2.30. The molecule has 0 saturated carbocycles. The van der Waals surface area contributed by atoms with Gasteiger partial charge in [0.15, 0.2) is 0 Å². The number of nitro groups is 1. The average molecular weight is 232 g/mol. The number of nitrogens with zero attached hydrogens (tertiary/aromatic N) is 2. The number of rotatable bonds is 5. The Kier molecular flexibility index (Phi) is 4.68. The van der Waals surface area contributed by atoms with Crippen LogP contribution in [0.1, 0.15) is 12.5 Å². The van der Waals surface area contributed by atoms with E-state index in [-0.39, 0.29) is 5.69 Å². The normalized spacial score (nSPS) is 12.1. The van der Waals surface area contributed by atoms with Crippen LogP contribution in [0.4, 0.5) is 5.69 Å². The van der Waals surface area contributed by atoms with Crippen molar-refractivity contribution in [2.45, 2.75) is 19.4 Å². The maximum atomic E-state index is 10.5. The predicted octanol–water partition coefficient (Wildman–Crippen LogP) is 2.09. The van der Waals surface area contributed by atoms with Crippen LogP contribution in [-0.4, -0.2) is 29.5 Å². The second-order valence-electron chi connectivity index (χ2n) is 4.10. The minimum absolute atomic E-state index is 0.124. The van der Waals surface area contributed by atoms with E-state index in [9.17, 15) is 10.1 Å². The van der Waals surface area contributed by atoms with E-state index in [4.69, 9.17) is 6.42 Å². The summed E-state index contributed by atoms with van der Waals surface area (Å²) in [5.41, 5.74) is 1.20. The van der Waals surface area contributed by atoms with E-state index in [0.29, 0.717) is 12.6 Å². The van der Waals surface area contributed by atoms with Crippen LogP contribution in [-0.2, 0) is 6.42 Å². The fraction of sp³-hybridized carbons (Fsp3) is 0.385. The molecule has 1 unspecified atom stereocenters. The van der Waals surface area contributed by atoms with E-state index in [0.717, 1.165) is 12.0 Å². The lowest BCUT2D eigenvalue weighted by Gasteiger charge is -2.22. The molecule has 1 atom stereocenters. The molecule has 1 rings (SSSR count). The molecule has 0 fully saturated rings. The Morgan fingerprint density at radius 2 is 2.06 bits per heavy atom. The van der Waals surface area contributed by atoms with Gasteiger partial charge in [-0.2, -0.15) is 0 Å². The van der Waals surface area contributed by atoms with E-state index in [1.54, 1.807) is 12.1 Å². The monoisotopic (exact) mass is 232 g/mol. The second kappa shape index (κ2) is 6.02. The molecule has 4 heteroatoms. The molecule has 0 spiro atoms. The summed E-state index contributed by atoms with van der Waals surface area (Å²) in [4.78, 5) is 12.2. The van der Waals surface area contributed by atoms with Crippen LogP contribution in [0, 0.1) is 22.5 Å². The molecule has 0 amide bonds. The molecular weight excluding hydrogens is 216 g/mol. The van der Waals surface area contributed by atoms with Crippen LogP contribution in [0.5, 0.6) is 0 Å². The fourth-order valence-corrected chi connectivity index (χ4v) is 1.55. The van der Waals surface area contributed by atoms with Crippen LogP contribution >= 0.6 is 0 Å². The van der Waals surface area contributed by atoms with Crippen molar-refractivity contribution in [3.05, 3.63) is 39.9 Å². The van der Waals surface area contributed by atoms with Crippen molar-refractivity contribution < 1.29 is 4.92 Å². The molecule has 0 saturated heterocycles. The second-order valence-corrected chi connectivity index (χ2v) is 4.10. The highest BCUT2D eigenvalue weighted by Gasteiger charge is 2.10. The summed E-state index contributed by atoms with van der Waals surface area (Å²) in [5, 5.41) is 10.5. The molecule has 4 nitrogen and oxygen atoms in total. The van der Waals surface area contributed by atoms with Gasteiger partial charge < -0.3 is 0 Å². The first-order valence-corrected chi connectivity index (χ1v) is 5.41. The molecule has 0 aliphatic rings. The summed E-state index contributed by atoms with van der Waals surface area (Å²) in [6.07, 6.45) is 6.08. The number of likely N-dealkylation sites (N-methyl/N-ethyl adjacent to an activating group) is 1. The summed E-state index contributed by atoms with van der Waals surface area (Å²) < 4.78 is 0. The summed E-state index contributed by atoms with van der Waals surface area (Å²) in [6, 6.07) is 6.95. The van der Waals surface area contributed by atoms with Crippen molar-refractivity contribution in [3.8, 4) is 12.3 Å². The minimum Gasteiger partial charge on any atom is -0.292 e. The van der Waals surface area contributed by atoms with E-state index in [1.165, 1.54) is 12.1 Å². The number of terminal acetylenes is 1. The molecule has 0 radical (unpaired) electrons. The maximum absolute atomic E-state index is 10.5. The van der Waals surface area contributed by atoms with E-state index in [1.807, 2.05) is 7.05 Å². The number of hydrogen-bond acceptors (Lipinski definition) is 3. The first kappa shape index (κ1) is 13.2. The molecule has 1 aromatic carbocycles. The van der Waals surface area contributed by atoms with Gasteiger partial charge in [0.05, 0.1) is 11.5 Å². The van der Waals surface area contributed by atoms with Crippen LogP contribution in [0.15, 0.2) is 24.3 Å². The van der Waals surface area contributed by atoms with Gasteiger partial charge in [-0.1, -0.05) is 18.1 Å². The third-order valence-corrected chi connectivity index (χ3v) is 2.77. The number of benzene rings is 1. The van der Waals surface area contributed by atoms with Crippen molar-refractivity contribution in [2.24, 2.45) is 0 Å². The molecule has 0 aliphatic heterocycles. The largest absolute Gasteiger partial charge is 0.292 e. The third-order valence-electron chi connectivity index (χ3n) is 2.77. The lowest BCUT2D eigenvalue weighted by Crippen LogP contribution is -2.31. The Hall–Kier alpha value is -1.86. The minimum atomic E-state index is -0.391. The highest BCUT2D eigenvalue weighted by atomic mass is 16.6. The van der Waals surface area contributed by atoms with Crippen molar-refractivity contribution in [3.63, 3.8) is 0 Å². The Morgan fingerprint density at radius 3 is 2.53 bits per heavy atom. The number of hydrogen-bond donors (Lipinski definition) is 0. The van der Waals surface area contributed by atoms with E-state index < -0.39 is 4.92 Å². The van der Waals surface area contributed by atoms with Gasteiger partial charge in [-0.3, -0.25) is 15.0 Å². The first-order chi connectivity index (χ1) is 8.04. The molecule has 1 aromatic rings. The van der Waals surface area contributed by atoms with Gasteiger partial charge >= 0.3 is 0 Å². The zero-order valence-corrected chi connectivity index (χ0v) is 10.1. The molecule has 0 aromatic heterocycles. The Morgan fingerprint density at radius 1 is 1.47 bits per heavy atom. The Balaban J connectivity index is 2.63. The van der Waals surface area contributed by atoms with Crippen LogP contribution in [0.2, 0.25) is 0 Å². The fourth-order valence-electron chi connectivity index (χ4n) is 1.55. The van der Waals surface area contributed by atoms with Crippen molar-refractivity contribution >= 4 is 5.69 Å². The topological polar surface area (TPSA) is 46.4 Å². The van der Waals surface area contributed by atoms with Gasteiger partial charge in [0.2, 0.25) is 0 Å². The Bertz CT molecular complexity index is 420. The van der Waals surface area contributed by atoms with Gasteiger partial charge in [0, 0.05) is 18.2 Å². The van der Waals surface area contributed by atoms with E-state index >= 15 is 0 Å². The standard InChI is InChI=1S/C13H16N2O2/c1-4-9-14(3)11(2)10-12-5-7-13(8-6-12)15(16)17/h1,5-8,11H,9-10H2,2-3H3. The molecule has 17 heavy (non-hydrogen) atoms. The van der Waals surface area contributed by atoms with Crippen molar-refractivity contribution in [1.29, 1.82) is 0 Å². The van der Waals surface area contributed by atoms with Crippen LogP contribution in [0.25, 0.3) is 0 Å². The summed E-state index contributed by atoms with van der Waals surface area (Å²) >= 11 is 0.